The molecule has 0 aliphatic rings. The maximum absolute atomic E-state index is 13.0. The van der Waals surface area contributed by atoms with Crippen LogP contribution < -0.4 is 9.47 Å². The molecule has 0 N–H and O–H groups in total. The van der Waals surface area contributed by atoms with Gasteiger partial charge >= 0.3 is 0 Å². The van der Waals surface area contributed by atoms with Gasteiger partial charge < -0.3 is 13.9 Å². The zero-order chi connectivity index (χ0) is 22.5. The molecule has 8 heteroatoms. The van der Waals surface area contributed by atoms with Crippen molar-refractivity contribution < 1.29 is 18.7 Å². The Morgan fingerprint density at radius 2 is 1.66 bits per heavy atom. The molecule has 4 rings (SSSR count). The molecule has 0 radical (unpaired) electrons. The zero-order valence-corrected chi connectivity index (χ0v) is 18.8. The van der Waals surface area contributed by atoms with Gasteiger partial charge in [0.05, 0.1) is 32.3 Å². The zero-order valence-electron chi connectivity index (χ0n) is 18.0. The lowest BCUT2D eigenvalue weighted by Crippen LogP contribution is -2.15. The van der Waals surface area contributed by atoms with Gasteiger partial charge in [0.25, 0.3) is 0 Å². The lowest BCUT2D eigenvalue weighted by molar-refractivity contribution is 0.0994. The number of methoxy groups -OCH3 is 2. The summed E-state index contributed by atoms with van der Waals surface area (Å²) in [5.74, 6) is 2.95. The van der Waals surface area contributed by atoms with E-state index in [4.69, 9.17) is 13.9 Å². The maximum Gasteiger partial charge on any atom is 0.192 e. The highest BCUT2D eigenvalue weighted by Gasteiger charge is 2.22. The molecule has 0 spiro atoms. The molecule has 0 saturated carbocycles. The fraction of sp³-hybridized carbons (Fsp3) is 0.208. The largest absolute Gasteiger partial charge is 0.497 e. The van der Waals surface area contributed by atoms with E-state index in [0.29, 0.717) is 28.8 Å². The summed E-state index contributed by atoms with van der Waals surface area (Å²) >= 11 is 1.37. The van der Waals surface area contributed by atoms with Gasteiger partial charge in [-0.05, 0) is 67.6 Å². The Kier molecular flexibility index (Phi) is 6.61. The molecule has 0 amide bonds. The van der Waals surface area contributed by atoms with Crippen LogP contribution in [0.4, 0.5) is 0 Å². The fourth-order valence-corrected chi connectivity index (χ4v) is 4.16. The summed E-state index contributed by atoms with van der Waals surface area (Å²) in [6.45, 7) is 2.32. The number of ether oxygens (including phenoxy) is 2. The summed E-state index contributed by atoms with van der Waals surface area (Å²) in [5.41, 5.74) is 1.52. The van der Waals surface area contributed by atoms with Crippen molar-refractivity contribution in [3.63, 3.8) is 0 Å². The van der Waals surface area contributed by atoms with Gasteiger partial charge in [-0.25, -0.2) is 0 Å². The molecule has 0 bridgehead atoms. The van der Waals surface area contributed by atoms with Gasteiger partial charge in [0.15, 0.2) is 16.8 Å². The highest BCUT2D eigenvalue weighted by molar-refractivity contribution is 8.00. The van der Waals surface area contributed by atoms with E-state index in [1.54, 1.807) is 44.7 Å². The van der Waals surface area contributed by atoms with Gasteiger partial charge in [0.1, 0.15) is 17.3 Å². The van der Waals surface area contributed by atoms with Crippen molar-refractivity contribution in [1.82, 2.24) is 14.8 Å². The third-order valence-electron chi connectivity index (χ3n) is 4.99. The molecule has 2 aromatic heterocycles. The first-order valence-corrected chi connectivity index (χ1v) is 10.9. The molecule has 0 fully saturated rings. The summed E-state index contributed by atoms with van der Waals surface area (Å²) in [4.78, 5) is 13.0. The molecule has 2 heterocycles. The summed E-state index contributed by atoms with van der Waals surface area (Å²) in [5, 5.41) is 9.09. The predicted molar refractivity (Wildman–Crippen MR) is 122 cm³/mol. The number of nitrogens with zero attached hydrogens (tertiary/aromatic N) is 3. The number of hydrogen-bond acceptors (Lipinski definition) is 7. The van der Waals surface area contributed by atoms with Crippen molar-refractivity contribution in [3.8, 4) is 22.9 Å². The number of ketones is 1. The van der Waals surface area contributed by atoms with Crippen LogP contribution in [0, 0.1) is 0 Å². The average molecular weight is 450 g/mol. The molecule has 164 valence electrons. The molecular formula is C24H23N3O4S. The first-order chi connectivity index (χ1) is 15.6. The standard InChI is InChI=1S/C24H23N3O4S/c1-16(22(28)17-6-10-19(29-2)11-7-17)32-24-26-25-23(18-8-12-20(30-3)13-9-18)27(24)15-21-5-4-14-31-21/h4-14,16H,15H2,1-3H3. The molecule has 1 atom stereocenters. The Morgan fingerprint density at radius 1 is 1.00 bits per heavy atom. The second kappa shape index (κ2) is 9.74. The van der Waals surface area contributed by atoms with E-state index < -0.39 is 0 Å². The van der Waals surface area contributed by atoms with E-state index in [-0.39, 0.29) is 11.0 Å². The molecule has 0 aliphatic heterocycles. The van der Waals surface area contributed by atoms with Crippen LogP contribution >= 0.6 is 11.8 Å². The Labute approximate surface area is 190 Å². The van der Waals surface area contributed by atoms with E-state index in [2.05, 4.69) is 10.2 Å². The third-order valence-corrected chi connectivity index (χ3v) is 6.07. The van der Waals surface area contributed by atoms with Crippen molar-refractivity contribution in [2.45, 2.75) is 23.9 Å². The van der Waals surface area contributed by atoms with Crippen LogP contribution in [0.2, 0.25) is 0 Å². The lowest BCUT2D eigenvalue weighted by Gasteiger charge is -2.13. The third kappa shape index (κ3) is 4.70. The molecule has 32 heavy (non-hydrogen) atoms. The Bertz CT molecular complexity index is 1170. The topological polar surface area (TPSA) is 79.4 Å². The minimum Gasteiger partial charge on any atom is -0.497 e. The van der Waals surface area contributed by atoms with E-state index in [1.165, 1.54) is 11.8 Å². The van der Waals surface area contributed by atoms with Crippen molar-refractivity contribution in [1.29, 1.82) is 0 Å². The van der Waals surface area contributed by atoms with Gasteiger partial charge in [-0.3, -0.25) is 9.36 Å². The smallest absolute Gasteiger partial charge is 0.192 e. The lowest BCUT2D eigenvalue weighted by atomic mass is 10.1. The van der Waals surface area contributed by atoms with Crippen LogP contribution in [0.3, 0.4) is 0 Å². The molecular weight excluding hydrogens is 426 g/mol. The Morgan fingerprint density at radius 3 is 2.25 bits per heavy atom. The first-order valence-electron chi connectivity index (χ1n) is 10.0. The van der Waals surface area contributed by atoms with Crippen LogP contribution in [0.25, 0.3) is 11.4 Å². The van der Waals surface area contributed by atoms with Crippen LogP contribution in [0.1, 0.15) is 23.0 Å². The minimum absolute atomic E-state index is 0.0104. The molecule has 4 aromatic rings. The van der Waals surface area contributed by atoms with E-state index in [9.17, 15) is 4.79 Å². The monoisotopic (exact) mass is 449 g/mol. The van der Waals surface area contributed by atoms with E-state index >= 15 is 0 Å². The number of carbonyl (C=O) groups excluding carboxylic acids is 1. The summed E-state index contributed by atoms with van der Waals surface area (Å²) in [6.07, 6.45) is 1.63. The Balaban J connectivity index is 1.61. The fourth-order valence-electron chi connectivity index (χ4n) is 3.23. The summed E-state index contributed by atoms with van der Waals surface area (Å²) in [6, 6.07) is 18.5. The van der Waals surface area contributed by atoms with Crippen molar-refractivity contribution in [2.75, 3.05) is 14.2 Å². The highest BCUT2D eigenvalue weighted by Crippen LogP contribution is 2.30. The van der Waals surface area contributed by atoms with Gasteiger partial charge in [-0.15, -0.1) is 10.2 Å². The van der Waals surface area contributed by atoms with Crippen molar-refractivity contribution in [3.05, 3.63) is 78.3 Å². The first kappa shape index (κ1) is 21.7. The van der Waals surface area contributed by atoms with Gasteiger partial charge in [-0.1, -0.05) is 11.8 Å². The quantitative estimate of drug-likeness (QED) is 0.264. The van der Waals surface area contributed by atoms with Crippen LogP contribution in [0.15, 0.2) is 76.5 Å². The summed E-state index contributed by atoms with van der Waals surface area (Å²) < 4.78 is 17.9. The van der Waals surface area contributed by atoms with Crippen molar-refractivity contribution >= 4 is 17.5 Å². The van der Waals surface area contributed by atoms with Crippen molar-refractivity contribution in [2.24, 2.45) is 0 Å². The molecule has 0 aliphatic carbocycles. The van der Waals surface area contributed by atoms with Crippen LogP contribution in [-0.4, -0.2) is 40.0 Å². The minimum atomic E-state index is -0.355. The number of aromatic nitrogens is 3. The van der Waals surface area contributed by atoms with E-state index in [1.807, 2.05) is 47.9 Å². The van der Waals surface area contributed by atoms with Crippen LogP contribution in [0.5, 0.6) is 11.5 Å². The second-order valence-electron chi connectivity index (χ2n) is 7.05. The number of carbonyl (C=O) groups is 1. The number of benzene rings is 2. The van der Waals surface area contributed by atoms with Crippen LogP contribution in [-0.2, 0) is 6.54 Å². The molecule has 7 nitrogen and oxygen atoms in total. The number of rotatable bonds is 9. The van der Waals surface area contributed by atoms with Gasteiger partial charge in [0.2, 0.25) is 0 Å². The number of hydrogen-bond donors (Lipinski definition) is 0. The second-order valence-corrected chi connectivity index (χ2v) is 8.36. The highest BCUT2D eigenvalue weighted by atomic mass is 32.2. The average Bonchev–Trinajstić information content (AvgIpc) is 3.49. The molecule has 2 aromatic carbocycles. The number of furan rings is 1. The number of thioether (sulfide) groups is 1. The van der Waals surface area contributed by atoms with Gasteiger partial charge in [0, 0.05) is 11.1 Å². The summed E-state index contributed by atoms with van der Waals surface area (Å²) in [7, 11) is 3.23. The normalized spacial score (nSPS) is 11.8. The predicted octanol–water partition coefficient (Wildman–Crippen LogP) is 4.97. The van der Waals surface area contributed by atoms with Gasteiger partial charge in [-0.2, -0.15) is 0 Å². The SMILES string of the molecule is COc1ccc(C(=O)C(C)Sc2nnc(-c3ccc(OC)cc3)n2Cc2ccco2)cc1. The maximum atomic E-state index is 13.0. The van der Waals surface area contributed by atoms with E-state index in [0.717, 1.165) is 17.1 Å². The molecule has 0 saturated heterocycles. The Hall–Kier alpha value is -3.52. The molecule has 1 unspecified atom stereocenters. The number of Topliss-reactive ketones (excluding diaryl/α,β-unsaturated/α-hetero) is 1.